The van der Waals surface area contributed by atoms with Crippen molar-refractivity contribution in [3.05, 3.63) is 30.5 Å². The van der Waals surface area contributed by atoms with Gasteiger partial charge in [0.25, 0.3) is 0 Å². The molecule has 3 heterocycles. The van der Waals surface area contributed by atoms with Crippen molar-refractivity contribution in [3.63, 3.8) is 0 Å². The minimum atomic E-state index is -0.454. The Morgan fingerprint density at radius 1 is 1.07 bits per heavy atom. The van der Waals surface area contributed by atoms with Gasteiger partial charge in [0, 0.05) is 37.8 Å². The number of aromatic nitrogens is 1. The SMILES string of the molecule is OC1(CN2CCC(Oc3cccc4c3ccn4C3CCOC3)CC2)CCCCC1. The fraction of sp³-hybridized carbons (Fsp3) is 0.667. The van der Waals surface area contributed by atoms with Crippen LogP contribution in [0.4, 0.5) is 0 Å². The van der Waals surface area contributed by atoms with Gasteiger partial charge in [-0.15, -0.1) is 0 Å². The Labute approximate surface area is 173 Å². The molecule has 5 heteroatoms. The van der Waals surface area contributed by atoms with E-state index in [1.807, 2.05) is 0 Å². The van der Waals surface area contributed by atoms with Gasteiger partial charge in [-0.1, -0.05) is 25.3 Å². The molecule has 3 aliphatic rings. The molecular weight excluding hydrogens is 364 g/mol. The number of ether oxygens (including phenoxy) is 2. The largest absolute Gasteiger partial charge is 0.490 e. The predicted octanol–water partition coefficient (Wildman–Crippen LogP) is 4.14. The molecule has 1 aromatic heterocycles. The van der Waals surface area contributed by atoms with E-state index in [0.29, 0.717) is 6.04 Å². The second-order valence-corrected chi connectivity index (χ2v) is 9.31. The third-order valence-corrected chi connectivity index (χ3v) is 7.15. The summed E-state index contributed by atoms with van der Waals surface area (Å²) in [5.41, 5.74) is 0.791. The van der Waals surface area contributed by atoms with Crippen molar-refractivity contribution in [2.75, 3.05) is 32.8 Å². The van der Waals surface area contributed by atoms with Crippen LogP contribution in [0.3, 0.4) is 0 Å². The lowest BCUT2D eigenvalue weighted by atomic mass is 9.84. The molecule has 5 rings (SSSR count). The van der Waals surface area contributed by atoms with Gasteiger partial charge >= 0.3 is 0 Å². The molecule has 1 N–H and O–H groups in total. The summed E-state index contributed by atoms with van der Waals surface area (Å²) < 4.78 is 14.4. The Kier molecular flexibility index (Phi) is 5.55. The zero-order valence-electron chi connectivity index (χ0n) is 17.4. The summed E-state index contributed by atoms with van der Waals surface area (Å²) in [6, 6.07) is 9.04. The first kappa shape index (κ1) is 19.4. The van der Waals surface area contributed by atoms with Crippen LogP contribution in [0.15, 0.2) is 30.5 Å². The van der Waals surface area contributed by atoms with Gasteiger partial charge in [0.15, 0.2) is 0 Å². The van der Waals surface area contributed by atoms with Crippen LogP contribution < -0.4 is 4.74 Å². The number of piperidine rings is 1. The third kappa shape index (κ3) is 4.18. The van der Waals surface area contributed by atoms with Crippen LogP contribution in [-0.2, 0) is 4.74 Å². The van der Waals surface area contributed by atoms with E-state index >= 15 is 0 Å². The lowest BCUT2D eigenvalue weighted by Gasteiger charge is -2.40. The molecule has 0 spiro atoms. The number of β-amino-alcohol motifs (C(OH)–C–C–N with tert-alkyl or cyclic N) is 1. The molecule has 29 heavy (non-hydrogen) atoms. The molecule has 2 aromatic rings. The van der Waals surface area contributed by atoms with Crippen LogP contribution in [-0.4, -0.2) is 59.1 Å². The molecule has 1 aromatic carbocycles. The number of likely N-dealkylation sites (tertiary alicyclic amines) is 1. The van der Waals surface area contributed by atoms with Gasteiger partial charge in [0.05, 0.1) is 23.8 Å². The fourth-order valence-corrected chi connectivity index (χ4v) is 5.47. The van der Waals surface area contributed by atoms with Gasteiger partial charge in [-0.3, -0.25) is 0 Å². The Morgan fingerprint density at radius 3 is 2.66 bits per heavy atom. The van der Waals surface area contributed by atoms with Crippen LogP contribution in [0.5, 0.6) is 5.75 Å². The first-order valence-corrected chi connectivity index (χ1v) is 11.5. The minimum Gasteiger partial charge on any atom is -0.490 e. The van der Waals surface area contributed by atoms with Crippen LogP contribution in [0.1, 0.15) is 57.4 Å². The summed E-state index contributed by atoms with van der Waals surface area (Å²) in [6.07, 6.45) is 11.1. The maximum Gasteiger partial charge on any atom is 0.129 e. The molecule has 2 saturated heterocycles. The molecule has 5 nitrogen and oxygen atoms in total. The highest BCUT2D eigenvalue weighted by molar-refractivity contribution is 5.86. The lowest BCUT2D eigenvalue weighted by molar-refractivity contribution is -0.0366. The second kappa shape index (κ2) is 8.29. The van der Waals surface area contributed by atoms with Crippen molar-refractivity contribution >= 4 is 10.9 Å². The smallest absolute Gasteiger partial charge is 0.129 e. The molecular formula is C24H34N2O3. The normalized spacial score (nSPS) is 26.2. The quantitative estimate of drug-likeness (QED) is 0.822. The first-order chi connectivity index (χ1) is 14.2. The molecule has 158 valence electrons. The summed E-state index contributed by atoms with van der Waals surface area (Å²) in [5.74, 6) is 1.00. The molecule has 1 saturated carbocycles. The summed E-state index contributed by atoms with van der Waals surface area (Å²) >= 11 is 0. The standard InChI is InChI=1S/C24H34N2O3/c27-24(11-2-1-3-12-24)18-25-13-7-20(8-14-25)29-23-6-4-5-22-21(23)9-15-26(22)19-10-16-28-17-19/h4-6,9,15,19-20,27H,1-3,7-8,10-14,16-18H2. The highest BCUT2D eigenvalue weighted by Crippen LogP contribution is 2.33. The van der Waals surface area contributed by atoms with Crippen LogP contribution in [0.25, 0.3) is 10.9 Å². The van der Waals surface area contributed by atoms with Crippen molar-refractivity contribution < 1.29 is 14.6 Å². The van der Waals surface area contributed by atoms with E-state index in [1.165, 1.54) is 30.2 Å². The summed E-state index contributed by atoms with van der Waals surface area (Å²) in [6.45, 7) is 4.53. The van der Waals surface area contributed by atoms with Gasteiger partial charge in [-0.25, -0.2) is 0 Å². The summed E-state index contributed by atoms with van der Waals surface area (Å²) in [5, 5.41) is 12.1. The van der Waals surface area contributed by atoms with Crippen LogP contribution in [0, 0.1) is 0 Å². The number of fused-ring (bicyclic) bond motifs is 1. The van der Waals surface area contributed by atoms with E-state index in [2.05, 4.69) is 39.9 Å². The van der Waals surface area contributed by atoms with Gasteiger partial charge in [0.2, 0.25) is 0 Å². The van der Waals surface area contributed by atoms with Gasteiger partial charge in [-0.05, 0) is 50.3 Å². The molecule has 3 fully saturated rings. The summed E-state index contributed by atoms with van der Waals surface area (Å²) in [4.78, 5) is 2.45. The Balaban J connectivity index is 1.21. The second-order valence-electron chi connectivity index (χ2n) is 9.31. The Bertz CT molecular complexity index is 813. The lowest BCUT2D eigenvalue weighted by Crippen LogP contribution is -2.48. The molecule has 1 atom stereocenters. The zero-order chi connectivity index (χ0) is 19.7. The number of hydrogen-bond acceptors (Lipinski definition) is 4. The van der Waals surface area contributed by atoms with Crippen LogP contribution in [0.2, 0.25) is 0 Å². The summed E-state index contributed by atoms with van der Waals surface area (Å²) in [7, 11) is 0. The van der Waals surface area contributed by atoms with Crippen molar-refractivity contribution in [2.45, 2.75) is 69.1 Å². The number of nitrogens with zero attached hydrogens (tertiary/aromatic N) is 2. The number of benzene rings is 1. The van der Waals surface area contributed by atoms with E-state index in [9.17, 15) is 5.11 Å². The van der Waals surface area contributed by atoms with E-state index in [0.717, 1.165) is 70.7 Å². The Morgan fingerprint density at radius 2 is 1.90 bits per heavy atom. The van der Waals surface area contributed by atoms with Crippen molar-refractivity contribution in [1.82, 2.24) is 9.47 Å². The third-order valence-electron chi connectivity index (χ3n) is 7.15. The van der Waals surface area contributed by atoms with Crippen molar-refractivity contribution in [2.24, 2.45) is 0 Å². The average Bonchev–Trinajstić information content (AvgIpc) is 3.40. The van der Waals surface area contributed by atoms with Gasteiger partial charge < -0.3 is 24.0 Å². The first-order valence-electron chi connectivity index (χ1n) is 11.5. The minimum absolute atomic E-state index is 0.260. The molecule has 1 unspecified atom stereocenters. The van der Waals surface area contributed by atoms with Crippen molar-refractivity contribution in [1.29, 1.82) is 0 Å². The number of aliphatic hydroxyl groups is 1. The molecule has 1 aliphatic carbocycles. The number of hydrogen-bond donors (Lipinski definition) is 1. The van der Waals surface area contributed by atoms with Crippen molar-refractivity contribution in [3.8, 4) is 5.75 Å². The molecule has 0 amide bonds. The van der Waals surface area contributed by atoms with E-state index in [-0.39, 0.29) is 6.10 Å². The maximum atomic E-state index is 10.9. The maximum absolute atomic E-state index is 10.9. The van der Waals surface area contributed by atoms with E-state index in [4.69, 9.17) is 9.47 Å². The van der Waals surface area contributed by atoms with E-state index in [1.54, 1.807) is 0 Å². The number of rotatable bonds is 5. The van der Waals surface area contributed by atoms with Gasteiger partial charge in [-0.2, -0.15) is 0 Å². The zero-order valence-corrected chi connectivity index (χ0v) is 17.4. The van der Waals surface area contributed by atoms with E-state index < -0.39 is 5.60 Å². The molecule has 2 aliphatic heterocycles. The Hall–Kier alpha value is -1.56. The topological polar surface area (TPSA) is 46.9 Å². The molecule has 0 bridgehead atoms. The highest BCUT2D eigenvalue weighted by atomic mass is 16.5. The molecule has 0 radical (unpaired) electrons. The highest BCUT2D eigenvalue weighted by Gasteiger charge is 2.33. The van der Waals surface area contributed by atoms with Gasteiger partial charge in [0.1, 0.15) is 11.9 Å². The average molecular weight is 399 g/mol. The predicted molar refractivity (Wildman–Crippen MR) is 115 cm³/mol. The van der Waals surface area contributed by atoms with Crippen LogP contribution >= 0.6 is 0 Å². The monoisotopic (exact) mass is 398 g/mol. The fourth-order valence-electron chi connectivity index (χ4n) is 5.47.